The third-order valence-electron chi connectivity index (χ3n) is 3.78. The number of hydrogen-bond donors (Lipinski definition) is 1. The Bertz CT molecular complexity index is 975. The van der Waals surface area contributed by atoms with Crippen molar-refractivity contribution in [2.24, 2.45) is 0 Å². The monoisotopic (exact) mass is 390 g/mol. The average Bonchev–Trinajstić information content (AvgIpc) is 3.10. The Morgan fingerprint density at radius 3 is 2.37 bits per heavy atom. The molecule has 0 saturated heterocycles. The van der Waals surface area contributed by atoms with E-state index in [4.69, 9.17) is 9.47 Å². The molecule has 0 atom stereocenters. The van der Waals surface area contributed by atoms with Crippen LogP contribution in [0.2, 0.25) is 0 Å². The molecule has 140 valence electrons. The Morgan fingerprint density at radius 1 is 1.07 bits per heavy atom. The Hall–Kier alpha value is -3.00. The molecule has 5 nitrogen and oxygen atoms in total. The molecule has 0 aliphatic heterocycles. The standard InChI is InChI=1S/C19H16F2N2O3S/c1-25-16-5-3-11(7-13(16)20)8-18(24)23-19-22-15(10-27-19)12-4-6-17(26-2)14(21)9-12/h3-7,9-10H,8H2,1-2H3,(H,22,23,24). The SMILES string of the molecule is COc1ccc(CC(=O)Nc2nc(-c3ccc(OC)c(F)c3)cs2)cc1F. The highest BCUT2D eigenvalue weighted by atomic mass is 32.1. The number of ether oxygens (including phenoxy) is 2. The maximum Gasteiger partial charge on any atom is 0.230 e. The van der Waals surface area contributed by atoms with Crippen LogP contribution in [0.3, 0.4) is 0 Å². The van der Waals surface area contributed by atoms with Gasteiger partial charge < -0.3 is 14.8 Å². The zero-order chi connectivity index (χ0) is 19.4. The summed E-state index contributed by atoms with van der Waals surface area (Å²) in [7, 11) is 2.77. The number of nitrogens with one attached hydrogen (secondary N) is 1. The van der Waals surface area contributed by atoms with E-state index < -0.39 is 11.6 Å². The minimum Gasteiger partial charge on any atom is -0.494 e. The maximum atomic E-state index is 13.8. The largest absolute Gasteiger partial charge is 0.494 e. The van der Waals surface area contributed by atoms with Gasteiger partial charge in [-0.05, 0) is 35.9 Å². The Morgan fingerprint density at radius 2 is 1.74 bits per heavy atom. The Labute approximate surface area is 158 Å². The van der Waals surface area contributed by atoms with Crippen molar-refractivity contribution in [1.82, 2.24) is 4.98 Å². The van der Waals surface area contributed by atoms with Crippen LogP contribution in [-0.4, -0.2) is 25.1 Å². The fourth-order valence-electron chi connectivity index (χ4n) is 2.46. The fraction of sp³-hybridized carbons (Fsp3) is 0.158. The predicted octanol–water partition coefficient (Wildman–Crippen LogP) is 4.29. The summed E-state index contributed by atoms with van der Waals surface area (Å²) in [6, 6.07) is 8.86. The summed E-state index contributed by atoms with van der Waals surface area (Å²) in [6.45, 7) is 0. The molecule has 27 heavy (non-hydrogen) atoms. The predicted molar refractivity (Wildman–Crippen MR) is 99.3 cm³/mol. The molecule has 1 heterocycles. The van der Waals surface area contributed by atoms with Gasteiger partial charge in [0, 0.05) is 10.9 Å². The summed E-state index contributed by atoms with van der Waals surface area (Å²) >= 11 is 1.22. The molecular weight excluding hydrogens is 374 g/mol. The number of benzene rings is 2. The van der Waals surface area contributed by atoms with Gasteiger partial charge in [-0.25, -0.2) is 13.8 Å². The number of amides is 1. The van der Waals surface area contributed by atoms with E-state index in [1.165, 1.54) is 49.8 Å². The lowest BCUT2D eigenvalue weighted by atomic mass is 10.1. The lowest BCUT2D eigenvalue weighted by Crippen LogP contribution is -2.14. The van der Waals surface area contributed by atoms with E-state index in [1.807, 2.05) is 0 Å². The number of rotatable bonds is 6. The van der Waals surface area contributed by atoms with Gasteiger partial charge in [0.25, 0.3) is 0 Å². The van der Waals surface area contributed by atoms with Crippen LogP contribution in [0, 0.1) is 11.6 Å². The van der Waals surface area contributed by atoms with Gasteiger partial charge in [-0.15, -0.1) is 11.3 Å². The number of carbonyl (C=O) groups excluding carboxylic acids is 1. The summed E-state index contributed by atoms with van der Waals surface area (Å²) in [5.74, 6) is -1.08. The molecule has 0 aliphatic rings. The number of thiazole rings is 1. The molecule has 3 rings (SSSR count). The van der Waals surface area contributed by atoms with E-state index in [0.29, 0.717) is 22.0 Å². The molecule has 8 heteroatoms. The van der Waals surface area contributed by atoms with Crippen molar-refractivity contribution in [2.45, 2.75) is 6.42 Å². The van der Waals surface area contributed by atoms with Crippen LogP contribution in [-0.2, 0) is 11.2 Å². The number of halogens is 2. The molecule has 0 fully saturated rings. The summed E-state index contributed by atoms with van der Waals surface area (Å²) in [6.07, 6.45) is -0.00695. The summed E-state index contributed by atoms with van der Waals surface area (Å²) in [5, 5.41) is 4.75. The minimum atomic E-state index is -0.527. The van der Waals surface area contributed by atoms with Crippen molar-refractivity contribution in [3.05, 3.63) is 59.0 Å². The van der Waals surface area contributed by atoms with Crippen LogP contribution in [0.4, 0.5) is 13.9 Å². The lowest BCUT2D eigenvalue weighted by molar-refractivity contribution is -0.115. The highest BCUT2D eigenvalue weighted by Gasteiger charge is 2.12. The number of methoxy groups -OCH3 is 2. The minimum absolute atomic E-state index is 0.00695. The van der Waals surface area contributed by atoms with Gasteiger partial charge in [0.2, 0.25) is 5.91 Å². The van der Waals surface area contributed by atoms with Gasteiger partial charge in [0.05, 0.1) is 26.3 Å². The quantitative estimate of drug-likeness (QED) is 0.682. The van der Waals surface area contributed by atoms with Crippen LogP contribution in [0.5, 0.6) is 11.5 Å². The van der Waals surface area contributed by atoms with Crippen molar-refractivity contribution in [2.75, 3.05) is 19.5 Å². The average molecular weight is 390 g/mol. The zero-order valence-corrected chi connectivity index (χ0v) is 15.4. The normalized spacial score (nSPS) is 10.5. The topological polar surface area (TPSA) is 60.5 Å². The third-order valence-corrected chi connectivity index (χ3v) is 4.54. The van der Waals surface area contributed by atoms with E-state index in [2.05, 4.69) is 10.3 Å². The van der Waals surface area contributed by atoms with Crippen LogP contribution in [0.25, 0.3) is 11.3 Å². The van der Waals surface area contributed by atoms with Crippen LogP contribution in [0.15, 0.2) is 41.8 Å². The summed E-state index contributed by atoms with van der Waals surface area (Å²) in [4.78, 5) is 16.4. The molecule has 1 aromatic heterocycles. The third kappa shape index (κ3) is 4.40. The van der Waals surface area contributed by atoms with Crippen LogP contribution < -0.4 is 14.8 Å². The van der Waals surface area contributed by atoms with Gasteiger partial charge >= 0.3 is 0 Å². The van der Waals surface area contributed by atoms with Gasteiger partial charge in [-0.2, -0.15) is 0 Å². The molecule has 0 saturated carbocycles. The highest BCUT2D eigenvalue weighted by molar-refractivity contribution is 7.14. The van der Waals surface area contributed by atoms with E-state index in [1.54, 1.807) is 17.5 Å². The number of carbonyl (C=O) groups is 1. The lowest BCUT2D eigenvalue weighted by Gasteiger charge is -2.05. The van der Waals surface area contributed by atoms with Gasteiger partial charge in [0.1, 0.15) is 0 Å². The van der Waals surface area contributed by atoms with Crippen molar-refractivity contribution in [3.8, 4) is 22.8 Å². The van der Waals surface area contributed by atoms with E-state index >= 15 is 0 Å². The number of anilines is 1. The van der Waals surface area contributed by atoms with Gasteiger partial charge in [-0.1, -0.05) is 6.07 Å². The van der Waals surface area contributed by atoms with Crippen molar-refractivity contribution < 1.29 is 23.0 Å². The molecule has 0 spiro atoms. The molecule has 2 aromatic carbocycles. The number of aromatic nitrogens is 1. The number of nitrogens with zero attached hydrogens (tertiary/aromatic N) is 1. The molecule has 3 aromatic rings. The molecule has 0 bridgehead atoms. The first-order chi connectivity index (χ1) is 13.0. The molecular formula is C19H16F2N2O3S. The second-order valence-electron chi connectivity index (χ2n) is 5.58. The van der Waals surface area contributed by atoms with Crippen molar-refractivity contribution in [1.29, 1.82) is 0 Å². The molecule has 1 amide bonds. The maximum absolute atomic E-state index is 13.8. The molecule has 1 N–H and O–H groups in total. The molecule has 0 radical (unpaired) electrons. The van der Waals surface area contributed by atoms with E-state index in [9.17, 15) is 13.6 Å². The highest BCUT2D eigenvalue weighted by Crippen LogP contribution is 2.28. The first kappa shape index (κ1) is 18.8. The van der Waals surface area contributed by atoms with E-state index in [-0.39, 0.29) is 23.8 Å². The summed E-state index contributed by atoms with van der Waals surface area (Å²) in [5.41, 5.74) is 1.62. The first-order valence-corrected chi connectivity index (χ1v) is 8.80. The second kappa shape index (κ2) is 8.13. The Kier molecular flexibility index (Phi) is 5.66. The van der Waals surface area contributed by atoms with Gasteiger partial charge in [-0.3, -0.25) is 4.79 Å². The smallest absolute Gasteiger partial charge is 0.230 e. The number of hydrogen-bond acceptors (Lipinski definition) is 5. The van der Waals surface area contributed by atoms with Crippen molar-refractivity contribution >= 4 is 22.4 Å². The van der Waals surface area contributed by atoms with Crippen LogP contribution >= 0.6 is 11.3 Å². The van der Waals surface area contributed by atoms with Gasteiger partial charge in [0.15, 0.2) is 28.3 Å². The second-order valence-corrected chi connectivity index (χ2v) is 6.44. The Balaban J connectivity index is 1.67. The van der Waals surface area contributed by atoms with Crippen molar-refractivity contribution in [3.63, 3.8) is 0 Å². The first-order valence-electron chi connectivity index (χ1n) is 7.92. The van der Waals surface area contributed by atoms with Crippen LogP contribution in [0.1, 0.15) is 5.56 Å². The zero-order valence-electron chi connectivity index (χ0n) is 14.6. The molecule has 0 unspecified atom stereocenters. The fourth-order valence-corrected chi connectivity index (χ4v) is 3.19. The van der Waals surface area contributed by atoms with E-state index in [0.717, 1.165) is 0 Å². The summed E-state index contributed by atoms with van der Waals surface area (Å²) < 4.78 is 37.3. The molecule has 0 aliphatic carbocycles.